The standard InChI is InChI=1S/C17H24N4O3/c1-4-20-10-13(9-18)16(23)21(17(20)24)11-15(22)19(3)14-7-5-12(2)6-8-14/h10,12,14H,4-8,11H2,1-3H3. The molecule has 0 radical (unpaired) electrons. The van der Waals surface area contributed by atoms with E-state index < -0.39 is 11.2 Å². The number of nitrogens with zero attached hydrogens (tertiary/aromatic N) is 4. The number of aryl methyl sites for hydroxylation is 1. The molecule has 1 aliphatic carbocycles. The van der Waals surface area contributed by atoms with E-state index >= 15 is 0 Å². The van der Waals surface area contributed by atoms with Gasteiger partial charge in [0.15, 0.2) is 0 Å². The lowest BCUT2D eigenvalue weighted by atomic mass is 9.87. The second kappa shape index (κ2) is 7.47. The lowest BCUT2D eigenvalue weighted by molar-refractivity contribution is -0.133. The predicted molar refractivity (Wildman–Crippen MR) is 89.5 cm³/mol. The van der Waals surface area contributed by atoms with Gasteiger partial charge in [0.25, 0.3) is 5.56 Å². The van der Waals surface area contributed by atoms with Gasteiger partial charge in [-0.25, -0.2) is 9.36 Å². The molecule has 7 heteroatoms. The fraction of sp³-hybridized carbons (Fsp3) is 0.647. The molecule has 0 unspecified atom stereocenters. The maximum atomic E-state index is 12.5. The number of likely N-dealkylation sites (N-methyl/N-ethyl adjacent to an activating group) is 1. The molecule has 0 aliphatic heterocycles. The fourth-order valence-corrected chi connectivity index (χ4v) is 3.18. The molecular formula is C17H24N4O3. The Kier molecular flexibility index (Phi) is 5.60. The van der Waals surface area contributed by atoms with Crippen LogP contribution >= 0.6 is 0 Å². The Morgan fingerprint density at radius 2 is 1.96 bits per heavy atom. The summed E-state index contributed by atoms with van der Waals surface area (Å²) in [6, 6.07) is 1.94. The average Bonchev–Trinajstić information content (AvgIpc) is 2.58. The molecule has 1 aromatic rings. The summed E-state index contributed by atoms with van der Waals surface area (Å²) in [4.78, 5) is 38.7. The summed E-state index contributed by atoms with van der Waals surface area (Å²) in [6.45, 7) is 3.96. The molecule has 0 atom stereocenters. The van der Waals surface area contributed by atoms with Crippen molar-refractivity contribution in [3.8, 4) is 6.07 Å². The minimum Gasteiger partial charge on any atom is -0.341 e. The van der Waals surface area contributed by atoms with Gasteiger partial charge in [-0.05, 0) is 38.5 Å². The van der Waals surface area contributed by atoms with Crippen molar-refractivity contribution in [2.45, 2.75) is 58.7 Å². The van der Waals surface area contributed by atoms with Crippen LogP contribution in [0.1, 0.15) is 45.1 Å². The van der Waals surface area contributed by atoms with Gasteiger partial charge in [-0.15, -0.1) is 0 Å². The van der Waals surface area contributed by atoms with Gasteiger partial charge in [0.2, 0.25) is 5.91 Å². The minimum atomic E-state index is -0.703. The molecule has 2 rings (SSSR count). The molecule has 0 N–H and O–H groups in total. The first kappa shape index (κ1) is 18.0. The molecule has 0 spiro atoms. The summed E-state index contributed by atoms with van der Waals surface area (Å²) >= 11 is 0. The van der Waals surface area contributed by atoms with Crippen LogP contribution in [0.2, 0.25) is 0 Å². The summed E-state index contributed by atoms with van der Waals surface area (Å²) in [5, 5.41) is 9.05. The van der Waals surface area contributed by atoms with Crippen molar-refractivity contribution in [2.24, 2.45) is 5.92 Å². The van der Waals surface area contributed by atoms with Crippen LogP contribution in [0, 0.1) is 17.2 Å². The quantitative estimate of drug-likeness (QED) is 0.821. The van der Waals surface area contributed by atoms with Crippen molar-refractivity contribution in [1.29, 1.82) is 5.26 Å². The van der Waals surface area contributed by atoms with Crippen LogP contribution in [-0.2, 0) is 17.9 Å². The molecule has 7 nitrogen and oxygen atoms in total. The molecule has 130 valence electrons. The van der Waals surface area contributed by atoms with Crippen LogP contribution in [0.25, 0.3) is 0 Å². The van der Waals surface area contributed by atoms with E-state index in [0.29, 0.717) is 12.5 Å². The summed E-state index contributed by atoms with van der Waals surface area (Å²) in [5.74, 6) is 0.405. The average molecular weight is 332 g/mol. The molecule has 0 saturated heterocycles. The van der Waals surface area contributed by atoms with Crippen LogP contribution in [0.3, 0.4) is 0 Å². The highest BCUT2D eigenvalue weighted by Crippen LogP contribution is 2.26. The van der Waals surface area contributed by atoms with Crippen molar-refractivity contribution in [1.82, 2.24) is 14.0 Å². The molecule has 1 heterocycles. The third-order valence-corrected chi connectivity index (χ3v) is 4.92. The highest BCUT2D eigenvalue weighted by Gasteiger charge is 2.25. The number of carbonyl (C=O) groups excluding carboxylic acids is 1. The maximum Gasteiger partial charge on any atom is 0.331 e. The van der Waals surface area contributed by atoms with E-state index in [9.17, 15) is 14.4 Å². The van der Waals surface area contributed by atoms with Gasteiger partial charge in [-0.1, -0.05) is 6.92 Å². The molecule has 1 aromatic heterocycles. The fourth-order valence-electron chi connectivity index (χ4n) is 3.18. The first-order valence-corrected chi connectivity index (χ1v) is 8.39. The second-order valence-electron chi connectivity index (χ2n) is 6.53. The maximum absolute atomic E-state index is 12.5. The molecule has 0 aromatic carbocycles. The Morgan fingerprint density at radius 1 is 1.33 bits per heavy atom. The number of amides is 1. The van der Waals surface area contributed by atoms with E-state index in [1.165, 1.54) is 10.8 Å². The number of hydrogen-bond acceptors (Lipinski definition) is 4. The SMILES string of the molecule is CCn1cc(C#N)c(=O)n(CC(=O)N(C)C2CCC(C)CC2)c1=O. The van der Waals surface area contributed by atoms with E-state index in [1.54, 1.807) is 24.9 Å². The predicted octanol–water partition coefficient (Wildman–Crippen LogP) is 0.939. The zero-order valence-corrected chi connectivity index (χ0v) is 14.5. The van der Waals surface area contributed by atoms with Crippen molar-refractivity contribution in [3.63, 3.8) is 0 Å². The minimum absolute atomic E-state index is 0.126. The number of aromatic nitrogens is 2. The number of carbonyl (C=O) groups is 1. The number of hydrogen-bond donors (Lipinski definition) is 0. The third kappa shape index (κ3) is 3.58. The summed E-state index contributed by atoms with van der Waals surface area (Å²) in [5.41, 5.74) is -1.38. The van der Waals surface area contributed by atoms with Gasteiger partial charge in [0, 0.05) is 25.8 Å². The van der Waals surface area contributed by atoms with Crippen LogP contribution in [0.4, 0.5) is 0 Å². The molecule has 1 aliphatic rings. The van der Waals surface area contributed by atoms with Gasteiger partial charge in [-0.3, -0.25) is 14.2 Å². The Morgan fingerprint density at radius 3 is 2.50 bits per heavy atom. The van der Waals surface area contributed by atoms with Crippen LogP contribution in [0.5, 0.6) is 0 Å². The van der Waals surface area contributed by atoms with Gasteiger partial charge >= 0.3 is 5.69 Å². The van der Waals surface area contributed by atoms with Crippen molar-refractivity contribution >= 4 is 5.91 Å². The van der Waals surface area contributed by atoms with Crippen molar-refractivity contribution < 1.29 is 4.79 Å². The summed E-state index contributed by atoms with van der Waals surface area (Å²) in [6.07, 6.45) is 5.28. The van der Waals surface area contributed by atoms with E-state index in [4.69, 9.17) is 5.26 Å². The van der Waals surface area contributed by atoms with E-state index in [-0.39, 0.29) is 24.1 Å². The van der Waals surface area contributed by atoms with Gasteiger partial charge in [0.1, 0.15) is 18.2 Å². The first-order valence-electron chi connectivity index (χ1n) is 8.39. The number of rotatable bonds is 4. The second-order valence-corrected chi connectivity index (χ2v) is 6.53. The zero-order valence-electron chi connectivity index (χ0n) is 14.5. The Balaban J connectivity index is 2.24. The largest absolute Gasteiger partial charge is 0.341 e. The highest BCUT2D eigenvalue weighted by molar-refractivity contribution is 5.76. The van der Waals surface area contributed by atoms with E-state index in [0.717, 1.165) is 30.3 Å². The Hall–Kier alpha value is -2.36. The van der Waals surface area contributed by atoms with Crippen LogP contribution < -0.4 is 11.2 Å². The Bertz CT molecular complexity index is 764. The van der Waals surface area contributed by atoms with Crippen molar-refractivity contribution in [3.05, 3.63) is 32.6 Å². The normalized spacial score (nSPS) is 20.4. The molecule has 1 saturated carbocycles. The van der Waals surface area contributed by atoms with Gasteiger partial charge in [-0.2, -0.15) is 5.26 Å². The topological polar surface area (TPSA) is 88.1 Å². The summed E-state index contributed by atoms with van der Waals surface area (Å²) < 4.78 is 2.14. The Labute approximate surface area is 141 Å². The third-order valence-electron chi connectivity index (χ3n) is 4.92. The van der Waals surface area contributed by atoms with E-state index in [1.807, 2.05) is 0 Å². The van der Waals surface area contributed by atoms with Gasteiger partial charge < -0.3 is 4.90 Å². The van der Waals surface area contributed by atoms with Crippen LogP contribution in [0.15, 0.2) is 15.8 Å². The van der Waals surface area contributed by atoms with Crippen LogP contribution in [-0.4, -0.2) is 33.0 Å². The molecule has 1 amide bonds. The molecular weight excluding hydrogens is 308 g/mol. The molecule has 1 fully saturated rings. The van der Waals surface area contributed by atoms with E-state index in [2.05, 4.69) is 6.92 Å². The lowest BCUT2D eigenvalue weighted by Crippen LogP contribution is -2.47. The van der Waals surface area contributed by atoms with Gasteiger partial charge in [0.05, 0.1) is 0 Å². The first-order chi connectivity index (χ1) is 11.4. The molecule has 0 bridgehead atoms. The smallest absolute Gasteiger partial charge is 0.331 e. The number of nitriles is 1. The monoisotopic (exact) mass is 332 g/mol. The highest BCUT2D eigenvalue weighted by atomic mass is 16.2. The van der Waals surface area contributed by atoms with Crippen molar-refractivity contribution in [2.75, 3.05) is 7.05 Å². The summed E-state index contributed by atoms with van der Waals surface area (Å²) in [7, 11) is 1.72. The lowest BCUT2D eigenvalue weighted by Gasteiger charge is -2.33. The zero-order chi connectivity index (χ0) is 17.9. The molecule has 24 heavy (non-hydrogen) atoms.